The van der Waals surface area contributed by atoms with Crippen molar-refractivity contribution >= 4 is 87.7 Å². The first kappa shape index (κ1) is 23.9. The van der Waals surface area contributed by atoms with Gasteiger partial charge in [0.25, 0.3) is 0 Å². The van der Waals surface area contributed by atoms with Crippen LogP contribution in [0.2, 0.25) is 0 Å². The number of hydrogen-bond acceptors (Lipinski definition) is 6. The molecule has 8 nitrogen and oxygen atoms in total. The number of pyridine rings is 4. The maximum absolute atomic E-state index is 6.45. The molecular weight excluding hydrogens is 572 g/mol. The number of hydrogen-bond donors (Lipinski definition) is 0. The molecule has 0 fully saturated rings. The number of nitrogens with zero attached hydrogens (tertiary/aromatic N) is 6. The Hall–Kier alpha value is -6.54. The molecule has 3 aromatic carbocycles. The van der Waals surface area contributed by atoms with Crippen LogP contribution in [0.3, 0.4) is 0 Å². The summed E-state index contributed by atoms with van der Waals surface area (Å²) in [5.41, 5.74) is 9.15. The Morgan fingerprint density at radius 3 is 1.39 bits per heavy atom. The summed E-state index contributed by atoms with van der Waals surface area (Å²) >= 11 is 0. The Morgan fingerprint density at radius 1 is 0.413 bits per heavy atom. The highest BCUT2D eigenvalue weighted by molar-refractivity contribution is 6.16. The standard InChI is InChI=1S/C38H20N6O2/c1-3-23-29-19-39-13-9-31(29)43(37(23)41-11-1)21-5-7-33-25(15-21)27-17-36-28(18-35(27)45-33)26-16-22(6-8-34(26)46-36)44-32-10-14-40-20-30(32)24-4-2-12-42-38(24)44/h1-20H. The van der Waals surface area contributed by atoms with Crippen LogP contribution in [0.4, 0.5) is 0 Å². The molecule has 0 spiro atoms. The third-order valence-electron chi connectivity index (χ3n) is 9.20. The Morgan fingerprint density at radius 2 is 0.891 bits per heavy atom. The zero-order valence-corrected chi connectivity index (χ0v) is 24.0. The summed E-state index contributed by atoms with van der Waals surface area (Å²) < 4.78 is 17.3. The Labute approximate surface area is 258 Å². The van der Waals surface area contributed by atoms with Gasteiger partial charge in [-0.25, -0.2) is 9.97 Å². The molecule has 0 amide bonds. The van der Waals surface area contributed by atoms with Gasteiger partial charge >= 0.3 is 0 Å². The number of benzene rings is 3. The van der Waals surface area contributed by atoms with Crippen molar-refractivity contribution in [1.29, 1.82) is 0 Å². The first-order valence-corrected chi connectivity index (χ1v) is 15.0. The molecule has 0 aliphatic heterocycles. The fraction of sp³-hybridized carbons (Fsp3) is 0. The number of fused-ring (bicyclic) bond motifs is 12. The first-order chi connectivity index (χ1) is 22.8. The molecule has 0 radical (unpaired) electrons. The van der Waals surface area contributed by atoms with Crippen LogP contribution in [-0.4, -0.2) is 29.1 Å². The summed E-state index contributed by atoms with van der Waals surface area (Å²) in [5, 5.41) is 8.30. The lowest BCUT2D eigenvalue weighted by Gasteiger charge is -2.07. The lowest BCUT2D eigenvalue weighted by molar-refractivity contribution is 0.664. The minimum atomic E-state index is 0.807. The van der Waals surface area contributed by atoms with Crippen LogP contribution in [0.5, 0.6) is 0 Å². The largest absolute Gasteiger partial charge is 0.456 e. The van der Waals surface area contributed by atoms with E-state index in [0.29, 0.717) is 0 Å². The molecule has 8 heteroatoms. The second kappa shape index (κ2) is 8.55. The molecule has 46 heavy (non-hydrogen) atoms. The van der Waals surface area contributed by atoms with Crippen molar-refractivity contribution in [3.05, 3.63) is 122 Å². The van der Waals surface area contributed by atoms with Crippen molar-refractivity contribution in [3.63, 3.8) is 0 Å². The van der Waals surface area contributed by atoms with Gasteiger partial charge in [0.2, 0.25) is 0 Å². The van der Waals surface area contributed by atoms with Crippen LogP contribution in [0.25, 0.3) is 99.1 Å². The van der Waals surface area contributed by atoms with Crippen LogP contribution < -0.4 is 0 Å². The van der Waals surface area contributed by atoms with Crippen LogP contribution in [0, 0.1) is 0 Å². The van der Waals surface area contributed by atoms with Gasteiger partial charge in [-0.05, 0) is 84.9 Å². The van der Waals surface area contributed by atoms with E-state index in [1.807, 2.05) is 73.6 Å². The molecule has 11 aromatic rings. The predicted octanol–water partition coefficient (Wildman–Crippen LogP) is 9.26. The lowest BCUT2D eigenvalue weighted by atomic mass is 10.1. The van der Waals surface area contributed by atoms with Gasteiger partial charge in [0.05, 0.1) is 11.0 Å². The van der Waals surface area contributed by atoms with Crippen molar-refractivity contribution in [3.8, 4) is 11.4 Å². The molecule has 0 unspecified atom stereocenters. The van der Waals surface area contributed by atoms with Crippen molar-refractivity contribution in [2.24, 2.45) is 0 Å². The number of aromatic nitrogens is 6. The summed E-state index contributed by atoms with van der Waals surface area (Å²) in [6.07, 6.45) is 11.1. The highest BCUT2D eigenvalue weighted by Gasteiger charge is 2.19. The summed E-state index contributed by atoms with van der Waals surface area (Å²) in [4.78, 5) is 18.2. The van der Waals surface area contributed by atoms with E-state index in [-0.39, 0.29) is 0 Å². The third kappa shape index (κ3) is 3.07. The smallest absolute Gasteiger partial charge is 0.145 e. The van der Waals surface area contributed by atoms with Crippen LogP contribution in [0.15, 0.2) is 131 Å². The third-order valence-corrected chi connectivity index (χ3v) is 9.20. The maximum Gasteiger partial charge on any atom is 0.145 e. The highest BCUT2D eigenvalue weighted by Crippen LogP contribution is 2.40. The van der Waals surface area contributed by atoms with E-state index in [2.05, 4.69) is 67.6 Å². The van der Waals surface area contributed by atoms with Crippen LogP contribution in [-0.2, 0) is 0 Å². The van der Waals surface area contributed by atoms with Gasteiger partial charge in [-0.3, -0.25) is 19.1 Å². The second-order valence-corrected chi connectivity index (χ2v) is 11.6. The Balaban J connectivity index is 1.13. The monoisotopic (exact) mass is 592 g/mol. The number of furan rings is 2. The Kier molecular flexibility index (Phi) is 4.43. The molecule has 11 rings (SSSR count). The Bertz CT molecular complexity index is 2740. The summed E-state index contributed by atoms with van der Waals surface area (Å²) in [7, 11) is 0. The minimum Gasteiger partial charge on any atom is -0.456 e. The van der Waals surface area contributed by atoms with Gasteiger partial charge in [0.15, 0.2) is 0 Å². The van der Waals surface area contributed by atoms with Crippen molar-refractivity contribution in [2.45, 2.75) is 0 Å². The summed E-state index contributed by atoms with van der Waals surface area (Å²) in [6, 6.07) is 29.0. The molecule has 0 aliphatic rings. The van der Waals surface area contributed by atoms with Crippen LogP contribution >= 0.6 is 0 Å². The second-order valence-electron chi connectivity index (χ2n) is 11.6. The van der Waals surface area contributed by atoms with Gasteiger partial charge in [-0.15, -0.1) is 0 Å². The van der Waals surface area contributed by atoms with Crippen molar-refractivity contribution in [2.75, 3.05) is 0 Å². The minimum absolute atomic E-state index is 0.807. The van der Waals surface area contributed by atoms with E-state index >= 15 is 0 Å². The van der Waals surface area contributed by atoms with Gasteiger partial charge in [0, 0.05) is 91.6 Å². The SMILES string of the molecule is c1cnc2c(c1)c1cnccc1n2-c1ccc2oc3cc4c(cc3c2c1)oc1ccc(-n2c3ccncc3c3cccnc32)cc14. The predicted molar refractivity (Wildman–Crippen MR) is 181 cm³/mol. The van der Waals surface area contributed by atoms with E-state index in [1.165, 1.54) is 0 Å². The van der Waals surface area contributed by atoms with E-state index in [9.17, 15) is 0 Å². The fourth-order valence-electron chi connectivity index (χ4n) is 7.20. The van der Waals surface area contributed by atoms with E-state index in [4.69, 9.17) is 18.8 Å². The molecule has 0 saturated carbocycles. The van der Waals surface area contributed by atoms with Crippen molar-refractivity contribution in [1.82, 2.24) is 29.1 Å². The normalized spacial score (nSPS) is 12.3. The van der Waals surface area contributed by atoms with Gasteiger partial charge in [-0.1, -0.05) is 0 Å². The summed E-state index contributed by atoms with van der Waals surface area (Å²) in [6.45, 7) is 0. The summed E-state index contributed by atoms with van der Waals surface area (Å²) in [5.74, 6) is 0. The molecule has 0 N–H and O–H groups in total. The molecule has 214 valence electrons. The molecular formula is C38H20N6O2. The zero-order valence-electron chi connectivity index (χ0n) is 24.0. The van der Waals surface area contributed by atoms with Crippen molar-refractivity contribution < 1.29 is 8.83 Å². The van der Waals surface area contributed by atoms with Crippen LogP contribution in [0.1, 0.15) is 0 Å². The molecule has 8 aromatic heterocycles. The average Bonchev–Trinajstić information content (AvgIpc) is 3.84. The molecule has 0 bridgehead atoms. The van der Waals surface area contributed by atoms with Gasteiger partial charge < -0.3 is 8.83 Å². The van der Waals surface area contributed by atoms with E-state index in [0.717, 1.165) is 99.1 Å². The first-order valence-electron chi connectivity index (χ1n) is 15.0. The molecule has 8 heterocycles. The zero-order chi connectivity index (χ0) is 29.9. The molecule has 0 atom stereocenters. The fourth-order valence-corrected chi connectivity index (χ4v) is 7.20. The maximum atomic E-state index is 6.45. The lowest BCUT2D eigenvalue weighted by Crippen LogP contribution is -1.95. The van der Waals surface area contributed by atoms with E-state index < -0.39 is 0 Å². The average molecular weight is 593 g/mol. The van der Waals surface area contributed by atoms with Gasteiger partial charge in [0.1, 0.15) is 33.6 Å². The van der Waals surface area contributed by atoms with E-state index in [1.54, 1.807) is 0 Å². The van der Waals surface area contributed by atoms with Gasteiger partial charge in [-0.2, -0.15) is 0 Å². The quantitative estimate of drug-likeness (QED) is 0.199. The number of rotatable bonds is 2. The molecule has 0 aliphatic carbocycles. The molecule has 0 saturated heterocycles. The highest BCUT2D eigenvalue weighted by atomic mass is 16.3. The topological polar surface area (TPSA) is 87.7 Å².